The van der Waals surface area contributed by atoms with Crippen LogP contribution in [0.4, 0.5) is 0 Å². The molecular formula is C9H10Cl2O3S. The van der Waals surface area contributed by atoms with Crippen LogP contribution in [0.3, 0.4) is 0 Å². The van der Waals surface area contributed by atoms with Gasteiger partial charge in [0, 0.05) is 10.7 Å². The van der Waals surface area contributed by atoms with Crippen molar-refractivity contribution in [3.8, 4) is 5.75 Å². The number of hydrogen-bond donors (Lipinski definition) is 1. The van der Waals surface area contributed by atoms with E-state index in [0.29, 0.717) is 16.7 Å². The van der Waals surface area contributed by atoms with Gasteiger partial charge in [0.1, 0.15) is 5.75 Å². The lowest BCUT2D eigenvalue weighted by atomic mass is 10.1. The number of hydrogen-bond acceptors (Lipinski definition) is 3. The lowest BCUT2D eigenvalue weighted by molar-refractivity contribution is 0.470. The fourth-order valence-corrected chi connectivity index (χ4v) is 2.49. The van der Waals surface area contributed by atoms with Crippen LogP contribution in [0.15, 0.2) is 6.07 Å². The minimum absolute atomic E-state index is 0.0908. The van der Waals surface area contributed by atoms with E-state index in [2.05, 4.69) is 0 Å². The van der Waals surface area contributed by atoms with E-state index in [1.807, 2.05) is 0 Å². The third-order valence-electron chi connectivity index (χ3n) is 2.11. The minimum Gasteiger partial charge on any atom is -0.506 e. The van der Waals surface area contributed by atoms with Crippen LogP contribution in [0.2, 0.25) is 5.02 Å². The van der Waals surface area contributed by atoms with Crippen LogP contribution in [-0.2, 0) is 14.8 Å². The highest BCUT2D eigenvalue weighted by Crippen LogP contribution is 2.33. The van der Waals surface area contributed by atoms with Crippen LogP contribution < -0.4 is 0 Å². The maximum absolute atomic E-state index is 10.9. The number of halogens is 2. The SMILES string of the molecule is Cc1cc(CS(=O)(=O)Cl)c(C)c(O)c1Cl. The van der Waals surface area contributed by atoms with Crippen LogP contribution in [0.25, 0.3) is 0 Å². The Morgan fingerprint density at radius 1 is 1.40 bits per heavy atom. The van der Waals surface area contributed by atoms with Crippen LogP contribution in [0.1, 0.15) is 16.7 Å². The van der Waals surface area contributed by atoms with E-state index >= 15 is 0 Å². The standard InChI is InChI=1S/C9H10Cl2O3S/c1-5-3-7(4-15(11,13)14)6(2)9(12)8(5)10/h3,12H,4H2,1-2H3. The molecule has 1 aromatic carbocycles. The van der Waals surface area contributed by atoms with Gasteiger partial charge < -0.3 is 5.11 Å². The molecule has 0 heterocycles. The molecule has 0 saturated heterocycles. The topological polar surface area (TPSA) is 54.4 Å². The van der Waals surface area contributed by atoms with Gasteiger partial charge in [0.2, 0.25) is 9.05 Å². The van der Waals surface area contributed by atoms with Crippen molar-refractivity contribution in [1.82, 2.24) is 0 Å². The fraction of sp³-hybridized carbons (Fsp3) is 0.333. The van der Waals surface area contributed by atoms with E-state index in [0.717, 1.165) is 0 Å². The summed E-state index contributed by atoms with van der Waals surface area (Å²) in [5, 5.41) is 9.83. The summed E-state index contributed by atoms with van der Waals surface area (Å²) in [6.45, 7) is 3.28. The highest BCUT2D eigenvalue weighted by molar-refractivity contribution is 8.13. The van der Waals surface area contributed by atoms with Crippen molar-refractivity contribution in [2.75, 3.05) is 0 Å². The second-order valence-corrected chi connectivity index (χ2v) is 6.48. The summed E-state index contributed by atoms with van der Waals surface area (Å²) in [7, 11) is 1.51. The van der Waals surface area contributed by atoms with E-state index in [-0.39, 0.29) is 16.5 Å². The van der Waals surface area contributed by atoms with Gasteiger partial charge in [-0.15, -0.1) is 0 Å². The third-order valence-corrected chi connectivity index (χ3v) is 3.57. The van der Waals surface area contributed by atoms with Crippen LogP contribution >= 0.6 is 22.3 Å². The van der Waals surface area contributed by atoms with Crippen molar-refractivity contribution in [3.05, 3.63) is 27.8 Å². The first-order valence-corrected chi connectivity index (χ1v) is 6.98. The predicted octanol–water partition coefficient (Wildman–Crippen LogP) is 2.73. The third kappa shape index (κ3) is 3.00. The van der Waals surface area contributed by atoms with Gasteiger partial charge in [-0.25, -0.2) is 8.42 Å². The summed E-state index contributed by atoms with van der Waals surface area (Å²) >= 11 is 5.79. The molecule has 0 radical (unpaired) electrons. The quantitative estimate of drug-likeness (QED) is 0.840. The average molecular weight is 269 g/mol. The molecule has 0 aliphatic rings. The molecule has 0 unspecified atom stereocenters. The van der Waals surface area contributed by atoms with E-state index in [9.17, 15) is 13.5 Å². The zero-order valence-electron chi connectivity index (χ0n) is 8.21. The lowest BCUT2D eigenvalue weighted by Crippen LogP contribution is -1.99. The molecule has 84 valence electrons. The molecule has 0 atom stereocenters. The normalized spacial score (nSPS) is 11.7. The average Bonchev–Trinajstić information content (AvgIpc) is 2.08. The monoisotopic (exact) mass is 268 g/mol. The molecule has 15 heavy (non-hydrogen) atoms. The zero-order chi connectivity index (χ0) is 11.8. The van der Waals surface area contributed by atoms with Crippen molar-refractivity contribution in [3.63, 3.8) is 0 Å². The largest absolute Gasteiger partial charge is 0.506 e. The molecule has 1 N–H and O–H groups in total. The van der Waals surface area contributed by atoms with Gasteiger partial charge in [-0.05, 0) is 30.5 Å². The molecule has 3 nitrogen and oxygen atoms in total. The van der Waals surface area contributed by atoms with Gasteiger partial charge in [-0.1, -0.05) is 17.7 Å². The number of benzene rings is 1. The lowest BCUT2D eigenvalue weighted by Gasteiger charge is -2.10. The summed E-state index contributed by atoms with van der Waals surface area (Å²) in [6, 6.07) is 1.61. The number of phenols is 1. The minimum atomic E-state index is -3.63. The molecule has 0 amide bonds. The van der Waals surface area contributed by atoms with E-state index in [1.165, 1.54) is 0 Å². The first-order valence-electron chi connectivity index (χ1n) is 4.12. The summed E-state index contributed by atoms with van der Waals surface area (Å²) < 4.78 is 21.8. The Labute approximate surface area is 98.1 Å². The summed E-state index contributed by atoms with van der Waals surface area (Å²) in [4.78, 5) is 0. The molecule has 6 heteroatoms. The molecule has 0 aromatic heterocycles. The Bertz CT molecular complexity index is 495. The van der Waals surface area contributed by atoms with Crippen molar-refractivity contribution in [2.24, 2.45) is 0 Å². The molecule has 1 aromatic rings. The Balaban J connectivity index is 3.33. The van der Waals surface area contributed by atoms with Crippen LogP contribution in [0, 0.1) is 13.8 Å². The molecule has 0 aliphatic heterocycles. The number of phenolic OH excluding ortho intramolecular Hbond substituents is 1. The van der Waals surface area contributed by atoms with Crippen molar-refractivity contribution >= 4 is 31.3 Å². The molecule has 0 spiro atoms. The van der Waals surface area contributed by atoms with Crippen molar-refractivity contribution < 1.29 is 13.5 Å². The summed E-state index contributed by atoms with van der Waals surface area (Å²) in [5.41, 5.74) is 1.52. The second kappa shape index (κ2) is 4.20. The molecule has 0 aliphatic carbocycles. The fourth-order valence-electron chi connectivity index (χ4n) is 1.27. The predicted molar refractivity (Wildman–Crippen MR) is 61.1 cm³/mol. The molecule has 0 fully saturated rings. The van der Waals surface area contributed by atoms with E-state index < -0.39 is 9.05 Å². The van der Waals surface area contributed by atoms with Crippen molar-refractivity contribution in [2.45, 2.75) is 19.6 Å². The highest BCUT2D eigenvalue weighted by Gasteiger charge is 2.15. The van der Waals surface area contributed by atoms with Gasteiger partial charge in [0.05, 0.1) is 10.8 Å². The van der Waals surface area contributed by atoms with Gasteiger partial charge in [-0.2, -0.15) is 0 Å². The Hall–Kier alpha value is -0.450. The molecular weight excluding hydrogens is 259 g/mol. The van der Waals surface area contributed by atoms with E-state index in [1.54, 1.807) is 19.9 Å². The second-order valence-electron chi connectivity index (χ2n) is 3.32. The molecule has 0 saturated carbocycles. The maximum Gasteiger partial charge on any atom is 0.236 e. The van der Waals surface area contributed by atoms with Crippen LogP contribution in [0.5, 0.6) is 5.75 Å². The Kier molecular flexibility index (Phi) is 3.53. The van der Waals surface area contributed by atoms with Crippen molar-refractivity contribution in [1.29, 1.82) is 0 Å². The number of rotatable bonds is 2. The molecule has 1 rings (SSSR count). The highest BCUT2D eigenvalue weighted by atomic mass is 35.7. The first kappa shape index (κ1) is 12.6. The zero-order valence-corrected chi connectivity index (χ0v) is 10.5. The van der Waals surface area contributed by atoms with Gasteiger partial charge in [0.25, 0.3) is 0 Å². The summed E-state index contributed by atoms with van der Waals surface area (Å²) in [6.07, 6.45) is 0. The summed E-state index contributed by atoms with van der Waals surface area (Å²) in [5.74, 6) is -0.404. The molecule has 0 bridgehead atoms. The number of aromatic hydroxyl groups is 1. The van der Waals surface area contributed by atoms with Gasteiger partial charge in [0.15, 0.2) is 0 Å². The Morgan fingerprint density at radius 2 is 1.93 bits per heavy atom. The Morgan fingerprint density at radius 3 is 2.40 bits per heavy atom. The van der Waals surface area contributed by atoms with Crippen LogP contribution in [-0.4, -0.2) is 13.5 Å². The smallest absolute Gasteiger partial charge is 0.236 e. The first-order chi connectivity index (χ1) is 6.72. The maximum atomic E-state index is 10.9. The number of aryl methyl sites for hydroxylation is 1. The van der Waals surface area contributed by atoms with Gasteiger partial charge in [-0.3, -0.25) is 0 Å². The van der Waals surface area contributed by atoms with E-state index in [4.69, 9.17) is 22.3 Å². The van der Waals surface area contributed by atoms with Gasteiger partial charge >= 0.3 is 0 Å².